The third-order valence-corrected chi connectivity index (χ3v) is 2.48. The Balaban J connectivity index is 2.46. The average Bonchev–Trinajstić information content (AvgIpc) is 2.61. The molecule has 0 atom stereocenters. The summed E-state index contributed by atoms with van der Waals surface area (Å²) in [6, 6.07) is 7.21. The van der Waals surface area contributed by atoms with Crippen LogP contribution in [-0.2, 0) is 6.18 Å². The van der Waals surface area contributed by atoms with Gasteiger partial charge in [-0.3, -0.25) is 0 Å². The maximum absolute atomic E-state index is 12.5. The first-order valence-electron chi connectivity index (χ1n) is 5.09. The molecule has 0 amide bonds. The molecule has 17 heavy (non-hydrogen) atoms. The second-order valence-electron chi connectivity index (χ2n) is 3.92. The lowest BCUT2D eigenvalue weighted by Crippen LogP contribution is -2.07. The van der Waals surface area contributed by atoms with Gasteiger partial charge < -0.3 is 4.98 Å². The smallest absolute Gasteiger partial charge is 0.338 e. The van der Waals surface area contributed by atoms with E-state index < -0.39 is 12.0 Å². The van der Waals surface area contributed by atoms with E-state index in [0.29, 0.717) is 17.0 Å². The van der Waals surface area contributed by atoms with Crippen LogP contribution in [-0.4, -0.2) is 9.97 Å². The van der Waals surface area contributed by atoms with Crippen LogP contribution in [0.4, 0.5) is 13.2 Å². The number of aryl methyl sites for hydroxylation is 2. The number of nitrogens with zero attached hydrogens (tertiary/aromatic N) is 1. The molecule has 2 nitrogen and oxygen atoms in total. The highest BCUT2D eigenvalue weighted by atomic mass is 19.4. The number of aromatic amines is 1. The zero-order valence-corrected chi connectivity index (χ0v) is 9.39. The Hall–Kier alpha value is -1.78. The van der Waals surface area contributed by atoms with E-state index in [0.717, 1.165) is 5.56 Å². The number of alkyl halides is 3. The molecule has 2 rings (SSSR count). The third kappa shape index (κ3) is 2.33. The molecule has 1 heterocycles. The topological polar surface area (TPSA) is 28.7 Å². The predicted octanol–water partition coefficient (Wildman–Crippen LogP) is 3.71. The lowest BCUT2D eigenvalue weighted by molar-refractivity contribution is -0.144. The number of H-pyrrole nitrogens is 1. The first-order valence-corrected chi connectivity index (χ1v) is 5.09. The largest absolute Gasteiger partial charge is 0.449 e. The maximum Gasteiger partial charge on any atom is 0.449 e. The van der Waals surface area contributed by atoms with Gasteiger partial charge in [0.25, 0.3) is 0 Å². The summed E-state index contributed by atoms with van der Waals surface area (Å²) in [5.41, 5.74) is 2.50. The number of rotatable bonds is 1. The molecule has 0 radical (unpaired) electrons. The Morgan fingerprint density at radius 3 is 2.12 bits per heavy atom. The Bertz CT molecular complexity index is 524. The van der Waals surface area contributed by atoms with Gasteiger partial charge in [0.05, 0.1) is 5.69 Å². The van der Waals surface area contributed by atoms with Crippen LogP contribution in [0.2, 0.25) is 0 Å². The second-order valence-corrected chi connectivity index (χ2v) is 3.92. The number of halogens is 3. The standard InChI is InChI=1S/C12H11F3N2/c1-7-3-5-9(6-4-7)10-8(2)16-11(17-10)12(13,14)15/h3-6H,1-2H3,(H,16,17). The van der Waals surface area contributed by atoms with Gasteiger partial charge >= 0.3 is 6.18 Å². The molecule has 1 N–H and O–H groups in total. The van der Waals surface area contributed by atoms with Crippen LogP contribution in [0.1, 0.15) is 17.1 Å². The van der Waals surface area contributed by atoms with Gasteiger partial charge in [-0.05, 0) is 13.8 Å². The number of nitrogens with one attached hydrogen (secondary N) is 1. The van der Waals surface area contributed by atoms with Crippen LogP contribution in [0.3, 0.4) is 0 Å². The van der Waals surface area contributed by atoms with E-state index in [1.165, 1.54) is 0 Å². The van der Waals surface area contributed by atoms with Crippen molar-refractivity contribution in [1.29, 1.82) is 0 Å². The van der Waals surface area contributed by atoms with E-state index in [2.05, 4.69) is 9.97 Å². The van der Waals surface area contributed by atoms with Gasteiger partial charge in [0.1, 0.15) is 0 Å². The molecule has 0 saturated carbocycles. The summed E-state index contributed by atoms with van der Waals surface area (Å²) in [7, 11) is 0. The minimum Gasteiger partial charge on any atom is -0.338 e. The van der Waals surface area contributed by atoms with Gasteiger partial charge in [0, 0.05) is 11.3 Å². The van der Waals surface area contributed by atoms with Crippen molar-refractivity contribution in [2.75, 3.05) is 0 Å². The maximum atomic E-state index is 12.5. The number of imidazole rings is 1. The van der Waals surface area contributed by atoms with Gasteiger partial charge in [-0.15, -0.1) is 0 Å². The van der Waals surface area contributed by atoms with Gasteiger partial charge in [-0.25, -0.2) is 4.98 Å². The van der Waals surface area contributed by atoms with Crippen molar-refractivity contribution in [3.63, 3.8) is 0 Å². The molecule has 90 valence electrons. The SMILES string of the molecule is Cc1ccc(-c2nc(C(F)(F)F)[nH]c2C)cc1. The highest BCUT2D eigenvalue weighted by Gasteiger charge is 2.35. The zero-order valence-electron chi connectivity index (χ0n) is 9.39. The fraction of sp³-hybridized carbons (Fsp3) is 0.250. The lowest BCUT2D eigenvalue weighted by Gasteiger charge is -2.00. The average molecular weight is 240 g/mol. The molecule has 0 spiro atoms. The van der Waals surface area contributed by atoms with Crippen LogP contribution < -0.4 is 0 Å². The van der Waals surface area contributed by atoms with E-state index in [1.807, 2.05) is 19.1 Å². The fourth-order valence-electron chi connectivity index (χ4n) is 1.59. The van der Waals surface area contributed by atoms with Crippen LogP contribution in [0.15, 0.2) is 24.3 Å². The van der Waals surface area contributed by atoms with E-state index in [-0.39, 0.29) is 0 Å². The molecule has 0 unspecified atom stereocenters. The number of hydrogen-bond donors (Lipinski definition) is 1. The normalized spacial score (nSPS) is 11.8. The summed E-state index contributed by atoms with van der Waals surface area (Å²) in [4.78, 5) is 5.86. The fourth-order valence-corrected chi connectivity index (χ4v) is 1.59. The van der Waals surface area contributed by atoms with Crippen molar-refractivity contribution in [3.05, 3.63) is 41.3 Å². The Kier molecular flexibility index (Phi) is 2.69. The number of aromatic nitrogens is 2. The second kappa shape index (κ2) is 3.91. The molecule has 5 heteroatoms. The molecule has 0 aliphatic rings. The van der Waals surface area contributed by atoms with Crippen LogP contribution in [0.25, 0.3) is 11.3 Å². The van der Waals surface area contributed by atoms with Gasteiger partial charge in [0.15, 0.2) is 0 Å². The molecule has 0 aliphatic carbocycles. The van der Waals surface area contributed by atoms with Crippen LogP contribution in [0, 0.1) is 13.8 Å². The molecule has 0 bridgehead atoms. The summed E-state index contributed by atoms with van der Waals surface area (Å²) in [5.74, 6) is -0.953. The molecule has 1 aromatic heterocycles. The number of hydrogen-bond acceptors (Lipinski definition) is 1. The summed E-state index contributed by atoms with van der Waals surface area (Å²) in [5, 5.41) is 0. The molecular weight excluding hydrogens is 229 g/mol. The van der Waals surface area contributed by atoms with Crippen molar-refractivity contribution in [3.8, 4) is 11.3 Å². The molecule has 0 fully saturated rings. The monoisotopic (exact) mass is 240 g/mol. The summed E-state index contributed by atoms with van der Waals surface area (Å²) in [6.45, 7) is 3.50. The number of benzene rings is 1. The molecule has 0 aliphatic heterocycles. The van der Waals surface area contributed by atoms with Gasteiger partial charge in [0.2, 0.25) is 5.82 Å². The van der Waals surface area contributed by atoms with Crippen molar-refractivity contribution in [1.82, 2.24) is 9.97 Å². The van der Waals surface area contributed by atoms with E-state index in [4.69, 9.17) is 0 Å². The first kappa shape index (κ1) is 11.7. The predicted molar refractivity (Wildman–Crippen MR) is 58.5 cm³/mol. The van der Waals surface area contributed by atoms with Gasteiger partial charge in [-0.2, -0.15) is 13.2 Å². The highest BCUT2D eigenvalue weighted by Crippen LogP contribution is 2.30. The van der Waals surface area contributed by atoms with E-state index >= 15 is 0 Å². The van der Waals surface area contributed by atoms with Crippen molar-refractivity contribution >= 4 is 0 Å². The lowest BCUT2D eigenvalue weighted by atomic mass is 10.1. The summed E-state index contributed by atoms with van der Waals surface area (Å²) in [6.07, 6.45) is -4.44. The quantitative estimate of drug-likeness (QED) is 0.808. The molecule has 1 aromatic carbocycles. The highest BCUT2D eigenvalue weighted by molar-refractivity contribution is 5.62. The Labute approximate surface area is 96.5 Å². The molecule has 0 saturated heterocycles. The van der Waals surface area contributed by atoms with E-state index in [9.17, 15) is 13.2 Å². The van der Waals surface area contributed by atoms with Crippen LogP contribution >= 0.6 is 0 Å². The molecular formula is C12H11F3N2. The minimum atomic E-state index is -4.44. The van der Waals surface area contributed by atoms with Crippen molar-refractivity contribution < 1.29 is 13.2 Å². The van der Waals surface area contributed by atoms with Crippen LogP contribution in [0.5, 0.6) is 0 Å². The third-order valence-electron chi connectivity index (χ3n) is 2.48. The Morgan fingerprint density at radius 1 is 1.06 bits per heavy atom. The molecule has 2 aromatic rings. The van der Waals surface area contributed by atoms with Crippen molar-refractivity contribution in [2.45, 2.75) is 20.0 Å². The summed E-state index contributed by atoms with van der Waals surface area (Å²) >= 11 is 0. The van der Waals surface area contributed by atoms with Gasteiger partial charge in [-0.1, -0.05) is 29.8 Å². The van der Waals surface area contributed by atoms with E-state index in [1.54, 1.807) is 19.1 Å². The zero-order chi connectivity index (χ0) is 12.6. The summed E-state index contributed by atoms with van der Waals surface area (Å²) < 4.78 is 37.4. The minimum absolute atomic E-state index is 0.345. The van der Waals surface area contributed by atoms with Crippen molar-refractivity contribution in [2.24, 2.45) is 0 Å². The Morgan fingerprint density at radius 2 is 1.65 bits per heavy atom. The first-order chi connectivity index (χ1) is 7.88.